The molecule has 0 amide bonds. The van der Waals surface area contributed by atoms with Crippen molar-refractivity contribution in [2.24, 2.45) is 5.92 Å². The molecule has 2 aromatic carbocycles. The number of H-pyrrole nitrogens is 1. The van der Waals surface area contributed by atoms with Crippen molar-refractivity contribution < 1.29 is 9.90 Å². The molecule has 0 aliphatic heterocycles. The van der Waals surface area contributed by atoms with E-state index in [2.05, 4.69) is 33.3 Å². The number of aromatic nitrogens is 5. The van der Waals surface area contributed by atoms with Crippen molar-refractivity contribution in [2.45, 2.75) is 31.6 Å². The second-order valence-electron chi connectivity index (χ2n) is 9.07. The minimum atomic E-state index is -0.724. The Morgan fingerprint density at radius 3 is 2.63 bits per heavy atom. The lowest BCUT2D eigenvalue weighted by Gasteiger charge is -2.24. The Morgan fingerprint density at radius 1 is 1.11 bits per heavy atom. The van der Waals surface area contributed by atoms with E-state index in [0.717, 1.165) is 46.4 Å². The molecule has 6 rings (SSSR count). The SMILES string of the molecule is Nc1ncnn2c(C3CCC(C(=O)O)CC3)nc(-c3cc4cccc(-c5ccc(Cl)cc5)c4[nH]3)c12. The van der Waals surface area contributed by atoms with Crippen LogP contribution in [-0.2, 0) is 4.79 Å². The van der Waals surface area contributed by atoms with Crippen LogP contribution in [0.4, 0.5) is 5.82 Å². The van der Waals surface area contributed by atoms with E-state index in [1.807, 2.05) is 30.3 Å². The van der Waals surface area contributed by atoms with Crippen molar-refractivity contribution in [1.29, 1.82) is 0 Å². The van der Waals surface area contributed by atoms with Gasteiger partial charge in [-0.05, 0) is 49.4 Å². The molecule has 0 saturated heterocycles. The third-order valence-corrected chi connectivity index (χ3v) is 7.25. The van der Waals surface area contributed by atoms with Gasteiger partial charge in [-0.2, -0.15) is 5.10 Å². The van der Waals surface area contributed by atoms with Crippen LogP contribution in [0.15, 0.2) is 54.9 Å². The summed E-state index contributed by atoms with van der Waals surface area (Å²) in [5, 5.41) is 15.6. The zero-order valence-electron chi connectivity index (χ0n) is 18.8. The first kappa shape index (κ1) is 21.6. The fourth-order valence-corrected chi connectivity index (χ4v) is 5.31. The summed E-state index contributed by atoms with van der Waals surface area (Å²) in [5.41, 5.74) is 11.6. The molecule has 35 heavy (non-hydrogen) atoms. The standard InChI is InChI=1S/C26H23ClN6O2/c27-18-10-8-14(9-11-18)19-3-1-2-17-12-20(31-21(17)19)22-23-24(28)29-13-30-33(23)25(32-22)15-4-6-16(7-5-15)26(34)35/h1-3,8-13,15-16,31H,4-7H2,(H,34,35)(H2,28,29,30). The quantitative estimate of drug-likeness (QED) is 0.307. The van der Waals surface area contributed by atoms with Crippen molar-refractivity contribution in [3.63, 3.8) is 0 Å². The number of para-hydroxylation sites is 1. The van der Waals surface area contributed by atoms with E-state index in [1.54, 1.807) is 4.52 Å². The highest BCUT2D eigenvalue weighted by Crippen LogP contribution is 2.39. The van der Waals surface area contributed by atoms with E-state index in [4.69, 9.17) is 22.3 Å². The monoisotopic (exact) mass is 486 g/mol. The van der Waals surface area contributed by atoms with Crippen LogP contribution < -0.4 is 5.73 Å². The zero-order valence-corrected chi connectivity index (χ0v) is 19.5. The summed E-state index contributed by atoms with van der Waals surface area (Å²) in [6, 6.07) is 16.0. The van der Waals surface area contributed by atoms with Crippen LogP contribution in [0.3, 0.4) is 0 Å². The summed E-state index contributed by atoms with van der Waals surface area (Å²) < 4.78 is 1.77. The first-order chi connectivity index (χ1) is 17.0. The van der Waals surface area contributed by atoms with Gasteiger partial charge in [-0.1, -0.05) is 41.9 Å². The van der Waals surface area contributed by atoms with Crippen molar-refractivity contribution in [2.75, 3.05) is 5.73 Å². The van der Waals surface area contributed by atoms with Gasteiger partial charge < -0.3 is 15.8 Å². The molecule has 0 bridgehead atoms. The van der Waals surface area contributed by atoms with Crippen molar-refractivity contribution >= 4 is 39.8 Å². The number of benzene rings is 2. The number of hydrogen-bond acceptors (Lipinski definition) is 5. The summed E-state index contributed by atoms with van der Waals surface area (Å²) in [6.07, 6.45) is 4.17. The largest absolute Gasteiger partial charge is 0.481 e. The number of halogens is 1. The molecule has 4 N–H and O–H groups in total. The van der Waals surface area contributed by atoms with Crippen LogP contribution in [0.5, 0.6) is 0 Å². The molecule has 5 aromatic rings. The van der Waals surface area contributed by atoms with Crippen LogP contribution in [-0.4, -0.2) is 35.6 Å². The molecular weight excluding hydrogens is 464 g/mol. The number of nitrogens with zero attached hydrogens (tertiary/aromatic N) is 4. The van der Waals surface area contributed by atoms with E-state index in [1.165, 1.54) is 6.33 Å². The number of rotatable bonds is 4. The molecule has 8 nitrogen and oxygen atoms in total. The molecular formula is C26H23ClN6O2. The van der Waals surface area contributed by atoms with Gasteiger partial charge in [0.05, 0.1) is 17.1 Å². The lowest BCUT2D eigenvalue weighted by atomic mass is 9.82. The number of aliphatic carboxylic acids is 1. The second-order valence-corrected chi connectivity index (χ2v) is 9.51. The molecule has 0 unspecified atom stereocenters. The molecule has 9 heteroatoms. The minimum absolute atomic E-state index is 0.107. The molecule has 0 spiro atoms. The number of carboxylic acids is 1. The average molecular weight is 487 g/mol. The normalized spacial score (nSPS) is 18.3. The van der Waals surface area contributed by atoms with Crippen molar-refractivity contribution in [3.05, 3.63) is 65.7 Å². The number of nitrogens with one attached hydrogen (secondary N) is 1. The summed E-state index contributed by atoms with van der Waals surface area (Å²) in [7, 11) is 0. The zero-order chi connectivity index (χ0) is 24.1. The smallest absolute Gasteiger partial charge is 0.306 e. The van der Waals surface area contributed by atoms with Crippen molar-refractivity contribution in [1.82, 2.24) is 24.6 Å². The predicted octanol–water partition coefficient (Wildman–Crippen LogP) is 5.53. The summed E-state index contributed by atoms with van der Waals surface area (Å²) in [4.78, 5) is 24.2. The van der Waals surface area contributed by atoms with Gasteiger partial charge in [0.25, 0.3) is 0 Å². The van der Waals surface area contributed by atoms with E-state index >= 15 is 0 Å². The fraction of sp³-hybridized carbons (Fsp3) is 0.231. The van der Waals surface area contributed by atoms with Gasteiger partial charge in [0.2, 0.25) is 0 Å². The molecule has 0 radical (unpaired) electrons. The molecule has 3 heterocycles. The number of fused-ring (bicyclic) bond motifs is 2. The Kier molecular flexibility index (Phi) is 5.18. The minimum Gasteiger partial charge on any atom is -0.481 e. The van der Waals surface area contributed by atoms with Crippen LogP contribution in [0.1, 0.15) is 37.4 Å². The Balaban J connectivity index is 1.47. The van der Waals surface area contributed by atoms with Crippen molar-refractivity contribution in [3.8, 4) is 22.5 Å². The molecule has 3 aromatic heterocycles. The molecule has 1 saturated carbocycles. The highest BCUT2D eigenvalue weighted by atomic mass is 35.5. The van der Waals surface area contributed by atoms with Crippen LogP contribution in [0.2, 0.25) is 5.02 Å². The predicted molar refractivity (Wildman–Crippen MR) is 135 cm³/mol. The fourth-order valence-electron chi connectivity index (χ4n) is 5.18. The molecule has 1 aliphatic carbocycles. The first-order valence-electron chi connectivity index (χ1n) is 11.6. The van der Waals surface area contributed by atoms with Crippen LogP contribution >= 0.6 is 11.6 Å². The summed E-state index contributed by atoms with van der Waals surface area (Å²) in [6.45, 7) is 0. The highest BCUT2D eigenvalue weighted by molar-refractivity contribution is 6.30. The maximum atomic E-state index is 11.4. The number of carboxylic acid groups (broad SMARTS) is 1. The van der Waals surface area contributed by atoms with Gasteiger partial charge in [0, 0.05) is 21.9 Å². The lowest BCUT2D eigenvalue weighted by Crippen LogP contribution is -2.21. The highest BCUT2D eigenvalue weighted by Gasteiger charge is 2.31. The topological polar surface area (TPSA) is 122 Å². The van der Waals surface area contributed by atoms with Crippen LogP contribution in [0.25, 0.3) is 38.9 Å². The van der Waals surface area contributed by atoms with Gasteiger partial charge >= 0.3 is 5.97 Å². The number of nitrogens with two attached hydrogens (primary N) is 1. The molecule has 176 valence electrons. The second kappa shape index (κ2) is 8.39. The Labute approximate surface area is 205 Å². The van der Waals surface area contributed by atoms with Gasteiger partial charge in [0.1, 0.15) is 23.4 Å². The Morgan fingerprint density at radius 2 is 1.89 bits per heavy atom. The summed E-state index contributed by atoms with van der Waals surface area (Å²) in [5.74, 6) is 0.235. The third-order valence-electron chi connectivity index (χ3n) is 6.99. The van der Waals surface area contributed by atoms with Crippen LogP contribution in [0, 0.1) is 5.92 Å². The average Bonchev–Trinajstić information content (AvgIpc) is 3.47. The molecule has 0 atom stereocenters. The number of hydrogen-bond donors (Lipinski definition) is 3. The van der Waals surface area contributed by atoms with Gasteiger partial charge in [-0.3, -0.25) is 4.79 Å². The lowest BCUT2D eigenvalue weighted by molar-refractivity contribution is -0.142. The third kappa shape index (κ3) is 3.70. The number of aromatic amines is 1. The Bertz CT molecular complexity index is 1560. The van der Waals surface area contributed by atoms with E-state index < -0.39 is 5.97 Å². The molecule has 1 fully saturated rings. The maximum Gasteiger partial charge on any atom is 0.306 e. The van der Waals surface area contributed by atoms with Gasteiger partial charge in [-0.15, -0.1) is 0 Å². The summed E-state index contributed by atoms with van der Waals surface area (Å²) >= 11 is 6.09. The van der Waals surface area contributed by atoms with E-state index in [9.17, 15) is 9.90 Å². The number of anilines is 1. The number of carbonyl (C=O) groups is 1. The Hall–Kier alpha value is -3.91. The van der Waals surface area contributed by atoms with Gasteiger partial charge in [0.15, 0.2) is 5.82 Å². The van der Waals surface area contributed by atoms with Gasteiger partial charge in [-0.25, -0.2) is 14.5 Å². The molecule has 1 aliphatic rings. The van der Waals surface area contributed by atoms with E-state index in [-0.39, 0.29) is 11.8 Å². The number of nitrogen functional groups attached to an aromatic ring is 1. The first-order valence-corrected chi connectivity index (χ1v) is 12.0. The number of imidazole rings is 1. The van der Waals surface area contributed by atoms with E-state index in [0.29, 0.717) is 34.9 Å². The maximum absolute atomic E-state index is 11.4.